The molecule has 0 spiro atoms. The van der Waals surface area contributed by atoms with Gasteiger partial charge in [0.05, 0.1) is 24.6 Å². The van der Waals surface area contributed by atoms with Crippen molar-refractivity contribution in [3.63, 3.8) is 0 Å². The Bertz CT molecular complexity index is 989. The number of aromatic nitrogens is 3. The van der Waals surface area contributed by atoms with Gasteiger partial charge in [0.15, 0.2) is 0 Å². The summed E-state index contributed by atoms with van der Waals surface area (Å²) in [6, 6.07) is 9.78. The number of H-pyrrole nitrogens is 1. The number of methoxy groups -OCH3 is 1. The fourth-order valence-corrected chi connectivity index (χ4v) is 3.22. The van der Waals surface area contributed by atoms with Gasteiger partial charge in [-0.15, -0.1) is 0 Å². The van der Waals surface area contributed by atoms with Crippen LogP contribution in [0.15, 0.2) is 42.7 Å². The molecule has 2 aromatic heterocycles. The number of nitrogens with zero attached hydrogens (tertiary/aromatic N) is 3. The molecule has 0 saturated heterocycles. The monoisotopic (exact) mass is 380 g/mol. The maximum atomic E-state index is 13.0. The molecule has 0 aliphatic carbocycles. The molecule has 146 valence electrons. The van der Waals surface area contributed by atoms with Crippen molar-refractivity contribution in [1.82, 2.24) is 19.7 Å². The SMILES string of the molecule is CCc1[nH]c(C(=O)N(C)Cc2cnn(-c3ccccc3)c2)c(C)c1C(=O)OC. The molecule has 3 rings (SSSR count). The molecular formula is C21H24N4O3. The minimum atomic E-state index is -0.434. The molecule has 1 aromatic carbocycles. The number of nitrogens with one attached hydrogen (secondary N) is 1. The second-order valence-electron chi connectivity index (χ2n) is 6.61. The van der Waals surface area contributed by atoms with Crippen molar-refractivity contribution < 1.29 is 14.3 Å². The quantitative estimate of drug-likeness (QED) is 0.666. The lowest BCUT2D eigenvalue weighted by atomic mass is 10.1. The first-order chi connectivity index (χ1) is 13.5. The molecule has 0 radical (unpaired) electrons. The van der Waals surface area contributed by atoms with Crippen LogP contribution in [0.4, 0.5) is 0 Å². The van der Waals surface area contributed by atoms with E-state index in [9.17, 15) is 9.59 Å². The molecule has 0 bridgehead atoms. The maximum absolute atomic E-state index is 13.0. The first-order valence-electron chi connectivity index (χ1n) is 9.10. The second-order valence-corrected chi connectivity index (χ2v) is 6.61. The Hall–Kier alpha value is -3.35. The number of hydrogen-bond donors (Lipinski definition) is 1. The minimum Gasteiger partial charge on any atom is -0.465 e. The summed E-state index contributed by atoms with van der Waals surface area (Å²) in [6.45, 7) is 4.09. The van der Waals surface area contributed by atoms with Crippen LogP contribution in [0.3, 0.4) is 0 Å². The topological polar surface area (TPSA) is 80.2 Å². The van der Waals surface area contributed by atoms with Crippen molar-refractivity contribution in [1.29, 1.82) is 0 Å². The highest BCUT2D eigenvalue weighted by Gasteiger charge is 2.25. The van der Waals surface area contributed by atoms with Crippen molar-refractivity contribution >= 4 is 11.9 Å². The van der Waals surface area contributed by atoms with Gasteiger partial charge in [0.1, 0.15) is 5.69 Å². The number of ether oxygens (including phenoxy) is 1. The summed E-state index contributed by atoms with van der Waals surface area (Å²) in [5.74, 6) is -0.619. The van der Waals surface area contributed by atoms with Gasteiger partial charge in [-0.3, -0.25) is 4.79 Å². The van der Waals surface area contributed by atoms with E-state index >= 15 is 0 Å². The lowest BCUT2D eigenvalue weighted by molar-refractivity contribution is 0.0599. The molecule has 0 fully saturated rings. The summed E-state index contributed by atoms with van der Waals surface area (Å²) in [5, 5.41) is 4.36. The van der Waals surface area contributed by atoms with Crippen LogP contribution in [0.5, 0.6) is 0 Å². The van der Waals surface area contributed by atoms with Gasteiger partial charge in [-0.2, -0.15) is 5.10 Å². The van der Waals surface area contributed by atoms with E-state index < -0.39 is 5.97 Å². The van der Waals surface area contributed by atoms with Crippen LogP contribution in [0, 0.1) is 6.92 Å². The molecule has 2 heterocycles. The first kappa shape index (κ1) is 19.4. The van der Waals surface area contributed by atoms with Gasteiger partial charge in [0, 0.05) is 31.0 Å². The highest BCUT2D eigenvalue weighted by molar-refractivity contribution is 6.00. The third-order valence-corrected chi connectivity index (χ3v) is 4.71. The summed E-state index contributed by atoms with van der Waals surface area (Å²) in [5.41, 5.74) is 4.04. The Morgan fingerprint density at radius 3 is 2.61 bits per heavy atom. The number of amides is 1. The highest BCUT2D eigenvalue weighted by atomic mass is 16.5. The average molecular weight is 380 g/mol. The number of aromatic amines is 1. The number of esters is 1. The molecule has 7 nitrogen and oxygen atoms in total. The molecule has 1 amide bonds. The lowest BCUT2D eigenvalue weighted by Crippen LogP contribution is -2.27. The van der Waals surface area contributed by atoms with E-state index in [4.69, 9.17) is 4.74 Å². The van der Waals surface area contributed by atoms with Crippen LogP contribution >= 0.6 is 0 Å². The molecule has 0 aliphatic rings. The first-order valence-corrected chi connectivity index (χ1v) is 9.10. The zero-order valence-corrected chi connectivity index (χ0v) is 16.5. The normalized spacial score (nSPS) is 10.7. The third kappa shape index (κ3) is 3.69. The minimum absolute atomic E-state index is 0.185. The van der Waals surface area contributed by atoms with E-state index in [-0.39, 0.29) is 5.91 Å². The number of carbonyl (C=O) groups is 2. The molecule has 0 aliphatic heterocycles. The predicted octanol–water partition coefficient (Wildman–Crippen LogP) is 3.13. The number of para-hydroxylation sites is 1. The van der Waals surface area contributed by atoms with Gasteiger partial charge < -0.3 is 14.6 Å². The Labute approximate surface area is 163 Å². The van der Waals surface area contributed by atoms with Gasteiger partial charge >= 0.3 is 5.97 Å². The van der Waals surface area contributed by atoms with Crippen LogP contribution in [0.25, 0.3) is 5.69 Å². The summed E-state index contributed by atoms with van der Waals surface area (Å²) in [4.78, 5) is 29.7. The Balaban J connectivity index is 1.79. The van der Waals surface area contributed by atoms with Gasteiger partial charge in [-0.1, -0.05) is 25.1 Å². The number of carbonyl (C=O) groups excluding carboxylic acids is 2. The number of benzene rings is 1. The summed E-state index contributed by atoms with van der Waals surface area (Å²) in [6.07, 6.45) is 4.25. The second kappa shape index (κ2) is 8.12. The van der Waals surface area contributed by atoms with Crippen LogP contribution in [0.1, 0.15) is 44.6 Å². The molecule has 0 unspecified atom stereocenters. The third-order valence-electron chi connectivity index (χ3n) is 4.71. The number of hydrogen-bond acceptors (Lipinski definition) is 4. The molecule has 0 saturated carbocycles. The van der Waals surface area contributed by atoms with E-state index in [0.717, 1.165) is 11.3 Å². The van der Waals surface area contributed by atoms with E-state index in [2.05, 4.69) is 10.1 Å². The van der Waals surface area contributed by atoms with Crippen LogP contribution in [-0.4, -0.2) is 45.7 Å². The van der Waals surface area contributed by atoms with E-state index in [1.54, 1.807) is 29.7 Å². The largest absolute Gasteiger partial charge is 0.465 e. The summed E-state index contributed by atoms with van der Waals surface area (Å²) in [7, 11) is 3.07. The molecule has 28 heavy (non-hydrogen) atoms. The molecule has 3 aromatic rings. The van der Waals surface area contributed by atoms with E-state index in [1.807, 2.05) is 43.5 Å². The zero-order chi connectivity index (χ0) is 20.3. The number of rotatable bonds is 6. The fourth-order valence-electron chi connectivity index (χ4n) is 3.22. The Morgan fingerprint density at radius 1 is 1.25 bits per heavy atom. The predicted molar refractivity (Wildman–Crippen MR) is 106 cm³/mol. The molecule has 7 heteroatoms. The van der Waals surface area contributed by atoms with Crippen LogP contribution < -0.4 is 0 Å². The average Bonchev–Trinajstić information content (AvgIpc) is 3.31. The Morgan fingerprint density at radius 2 is 1.96 bits per heavy atom. The van der Waals surface area contributed by atoms with Crippen molar-refractivity contribution in [3.8, 4) is 5.69 Å². The maximum Gasteiger partial charge on any atom is 0.339 e. The van der Waals surface area contributed by atoms with Crippen molar-refractivity contribution in [3.05, 3.63) is 70.8 Å². The molecular weight excluding hydrogens is 356 g/mol. The summed E-state index contributed by atoms with van der Waals surface area (Å²) >= 11 is 0. The van der Waals surface area contributed by atoms with Crippen LogP contribution in [0.2, 0.25) is 0 Å². The zero-order valence-electron chi connectivity index (χ0n) is 16.5. The van der Waals surface area contributed by atoms with Crippen molar-refractivity contribution in [2.45, 2.75) is 26.8 Å². The van der Waals surface area contributed by atoms with Gasteiger partial charge in [0.25, 0.3) is 5.91 Å². The van der Waals surface area contributed by atoms with E-state index in [1.165, 1.54) is 7.11 Å². The van der Waals surface area contributed by atoms with Crippen LogP contribution in [-0.2, 0) is 17.7 Å². The van der Waals surface area contributed by atoms with Crippen molar-refractivity contribution in [2.24, 2.45) is 0 Å². The smallest absolute Gasteiger partial charge is 0.339 e. The Kier molecular flexibility index (Phi) is 5.63. The van der Waals surface area contributed by atoms with Gasteiger partial charge in [-0.05, 0) is 31.0 Å². The summed E-state index contributed by atoms with van der Waals surface area (Å²) < 4.78 is 6.63. The molecule has 0 atom stereocenters. The fraction of sp³-hybridized carbons (Fsp3) is 0.286. The highest BCUT2D eigenvalue weighted by Crippen LogP contribution is 2.22. The lowest BCUT2D eigenvalue weighted by Gasteiger charge is -2.16. The van der Waals surface area contributed by atoms with Gasteiger partial charge in [-0.25, -0.2) is 9.48 Å². The standard InChI is InChI=1S/C21H24N4O3/c1-5-17-18(21(27)28-4)14(2)19(23-17)20(26)24(3)12-15-11-22-25(13-15)16-9-7-6-8-10-16/h6-11,13,23H,5,12H2,1-4H3. The van der Waals surface area contributed by atoms with Crippen molar-refractivity contribution in [2.75, 3.05) is 14.2 Å². The van der Waals surface area contributed by atoms with E-state index in [0.29, 0.717) is 35.5 Å². The number of aryl methyl sites for hydroxylation is 1. The molecule has 1 N–H and O–H groups in total. The van der Waals surface area contributed by atoms with Gasteiger partial charge in [0.2, 0.25) is 0 Å².